The SMILES string of the molecule is CCCNc1nc(-c2ccc(C)o2)nc2c1CCCCC2. The molecule has 0 saturated heterocycles. The molecule has 3 rings (SSSR count). The Bertz CT molecular complexity index is 618. The topological polar surface area (TPSA) is 51.0 Å². The largest absolute Gasteiger partial charge is 0.458 e. The van der Waals surface area contributed by atoms with E-state index in [1.54, 1.807) is 0 Å². The summed E-state index contributed by atoms with van der Waals surface area (Å²) in [4.78, 5) is 9.51. The van der Waals surface area contributed by atoms with E-state index in [9.17, 15) is 0 Å². The van der Waals surface area contributed by atoms with Crippen LogP contribution in [0.1, 0.15) is 49.6 Å². The molecule has 0 unspecified atom stereocenters. The van der Waals surface area contributed by atoms with Gasteiger partial charge in [0, 0.05) is 17.8 Å². The van der Waals surface area contributed by atoms with Crippen molar-refractivity contribution in [3.05, 3.63) is 29.2 Å². The number of nitrogens with one attached hydrogen (secondary N) is 1. The summed E-state index contributed by atoms with van der Waals surface area (Å²) < 4.78 is 5.70. The quantitative estimate of drug-likeness (QED) is 0.858. The lowest BCUT2D eigenvalue weighted by Gasteiger charge is -2.13. The van der Waals surface area contributed by atoms with E-state index < -0.39 is 0 Å². The minimum Gasteiger partial charge on any atom is -0.458 e. The molecule has 0 radical (unpaired) electrons. The molecule has 21 heavy (non-hydrogen) atoms. The summed E-state index contributed by atoms with van der Waals surface area (Å²) in [6, 6.07) is 3.92. The third-order valence-corrected chi connectivity index (χ3v) is 3.94. The second kappa shape index (κ2) is 6.29. The fraction of sp³-hybridized carbons (Fsp3) is 0.529. The maximum absolute atomic E-state index is 5.70. The number of rotatable bonds is 4. The molecule has 0 bridgehead atoms. The van der Waals surface area contributed by atoms with Crippen LogP contribution in [0.5, 0.6) is 0 Å². The highest BCUT2D eigenvalue weighted by Crippen LogP contribution is 2.28. The average Bonchev–Trinajstić information content (AvgIpc) is 2.78. The van der Waals surface area contributed by atoms with E-state index in [1.807, 2.05) is 19.1 Å². The van der Waals surface area contributed by atoms with E-state index in [1.165, 1.54) is 30.5 Å². The van der Waals surface area contributed by atoms with Gasteiger partial charge in [-0.3, -0.25) is 0 Å². The predicted molar refractivity (Wildman–Crippen MR) is 84.5 cm³/mol. The van der Waals surface area contributed by atoms with Crippen molar-refractivity contribution in [2.75, 3.05) is 11.9 Å². The van der Waals surface area contributed by atoms with Crippen LogP contribution in [0.25, 0.3) is 11.6 Å². The zero-order chi connectivity index (χ0) is 14.7. The Morgan fingerprint density at radius 2 is 2.00 bits per heavy atom. The molecule has 1 N–H and O–H groups in total. The number of hydrogen-bond donors (Lipinski definition) is 1. The Kier molecular flexibility index (Phi) is 4.23. The predicted octanol–water partition coefficient (Wildman–Crippen LogP) is 4.14. The smallest absolute Gasteiger partial charge is 0.197 e. The summed E-state index contributed by atoms with van der Waals surface area (Å²) >= 11 is 0. The van der Waals surface area contributed by atoms with Gasteiger partial charge in [0.15, 0.2) is 11.6 Å². The second-order valence-electron chi connectivity index (χ2n) is 5.72. The molecule has 0 saturated carbocycles. The van der Waals surface area contributed by atoms with Crippen LogP contribution in [0.15, 0.2) is 16.5 Å². The molecule has 1 aliphatic rings. The summed E-state index contributed by atoms with van der Waals surface area (Å²) in [5.74, 6) is 3.38. The number of anilines is 1. The van der Waals surface area contributed by atoms with Gasteiger partial charge in [-0.1, -0.05) is 13.3 Å². The van der Waals surface area contributed by atoms with Crippen molar-refractivity contribution in [2.45, 2.75) is 52.4 Å². The Labute approximate surface area is 126 Å². The third-order valence-electron chi connectivity index (χ3n) is 3.94. The van der Waals surface area contributed by atoms with Gasteiger partial charge in [0.1, 0.15) is 11.6 Å². The van der Waals surface area contributed by atoms with E-state index in [-0.39, 0.29) is 0 Å². The minimum absolute atomic E-state index is 0.711. The normalized spacial score (nSPS) is 14.6. The van der Waals surface area contributed by atoms with E-state index in [0.29, 0.717) is 5.82 Å². The zero-order valence-electron chi connectivity index (χ0n) is 12.9. The Morgan fingerprint density at radius 3 is 2.76 bits per heavy atom. The summed E-state index contributed by atoms with van der Waals surface area (Å²) in [7, 11) is 0. The minimum atomic E-state index is 0.711. The van der Waals surface area contributed by atoms with Crippen LogP contribution in [0.4, 0.5) is 5.82 Å². The maximum Gasteiger partial charge on any atom is 0.197 e. The zero-order valence-corrected chi connectivity index (χ0v) is 12.9. The summed E-state index contributed by atoms with van der Waals surface area (Å²) in [5, 5.41) is 3.47. The highest BCUT2D eigenvalue weighted by molar-refractivity contribution is 5.56. The molecule has 0 aromatic carbocycles. The van der Waals surface area contributed by atoms with Crippen molar-refractivity contribution in [1.29, 1.82) is 0 Å². The molecule has 0 amide bonds. The number of aromatic nitrogens is 2. The summed E-state index contributed by atoms with van der Waals surface area (Å²) in [6.45, 7) is 5.06. The first-order valence-corrected chi connectivity index (χ1v) is 7.98. The van der Waals surface area contributed by atoms with Crippen molar-refractivity contribution in [1.82, 2.24) is 9.97 Å². The van der Waals surface area contributed by atoms with Gasteiger partial charge in [-0.15, -0.1) is 0 Å². The fourth-order valence-corrected chi connectivity index (χ4v) is 2.83. The first kappa shape index (κ1) is 14.1. The van der Waals surface area contributed by atoms with Gasteiger partial charge < -0.3 is 9.73 Å². The summed E-state index contributed by atoms with van der Waals surface area (Å²) in [6.07, 6.45) is 6.95. The van der Waals surface area contributed by atoms with Gasteiger partial charge in [0.2, 0.25) is 0 Å². The lowest BCUT2D eigenvalue weighted by molar-refractivity contribution is 0.543. The van der Waals surface area contributed by atoms with Crippen LogP contribution in [-0.2, 0) is 12.8 Å². The third kappa shape index (κ3) is 3.09. The van der Waals surface area contributed by atoms with Gasteiger partial charge in [-0.25, -0.2) is 9.97 Å². The van der Waals surface area contributed by atoms with Crippen LogP contribution in [0, 0.1) is 6.92 Å². The van der Waals surface area contributed by atoms with Crippen LogP contribution in [0.2, 0.25) is 0 Å². The maximum atomic E-state index is 5.70. The number of nitrogens with zero attached hydrogens (tertiary/aromatic N) is 2. The standard InChI is InChI=1S/C17H23N3O/c1-3-11-18-16-13-7-5-4-6-8-14(13)19-17(20-16)15-10-9-12(2)21-15/h9-10H,3-8,11H2,1-2H3,(H,18,19,20). The van der Waals surface area contributed by atoms with Crippen molar-refractivity contribution in [2.24, 2.45) is 0 Å². The molecular formula is C17H23N3O. The number of aryl methyl sites for hydroxylation is 2. The first-order chi connectivity index (χ1) is 10.3. The van der Waals surface area contributed by atoms with Crippen molar-refractivity contribution in [3.63, 3.8) is 0 Å². The molecule has 0 spiro atoms. The lowest BCUT2D eigenvalue weighted by atomic mass is 10.1. The fourth-order valence-electron chi connectivity index (χ4n) is 2.83. The Hall–Kier alpha value is -1.84. The Balaban J connectivity index is 2.03. The van der Waals surface area contributed by atoms with Crippen molar-refractivity contribution in [3.8, 4) is 11.6 Å². The molecule has 2 aromatic heterocycles. The average molecular weight is 285 g/mol. The van der Waals surface area contributed by atoms with Gasteiger partial charge in [0.25, 0.3) is 0 Å². The number of hydrogen-bond acceptors (Lipinski definition) is 4. The van der Waals surface area contributed by atoms with Crippen molar-refractivity contribution >= 4 is 5.82 Å². The van der Waals surface area contributed by atoms with Gasteiger partial charge >= 0.3 is 0 Å². The van der Waals surface area contributed by atoms with Gasteiger partial charge in [-0.05, 0) is 51.2 Å². The molecular weight excluding hydrogens is 262 g/mol. The molecule has 0 fully saturated rings. The van der Waals surface area contributed by atoms with Crippen LogP contribution in [0.3, 0.4) is 0 Å². The summed E-state index contributed by atoms with van der Waals surface area (Å²) in [5.41, 5.74) is 2.51. The number of furan rings is 1. The molecule has 0 aliphatic heterocycles. The van der Waals surface area contributed by atoms with E-state index in [0.717, 1.165) is 43.1 Å². The molecule has 4 heteroatoms. The monoisotopic (exact) mass is 285 g/mol. The molecule has 1 aliphatic carbocycles. The molecule has 112 valence electrons. The Morgan fingerprint density at radius 1 is 1.14 bits per heavy atom. The molecule has 2 heterocycles. The van der Waals surface area contributed by atoms with Crippen LogP contribution < -0.4 is 5.32 Å². The second-order valence-corrected chi connectivity index (χ2v) is 5.72. The molecule has 2 aromatic rings. The first-order valence-electron chi connectivity index (χ1n) is 7.98. The van der Waals surface area contributed by atoms with E-state index in [2.05, 4.69) is 12.2 Å². The van der Waals surface area contributed by atoms with E-state index in [4.69, 9.17) is 14.4 Å². The number of fused-ring (bicyclic) bond motifs is 1. The van der Waals surface area contributed by atoms with Crippen molar-refractivity contribution < 1.29 is 4.42 Å². The van der Waals surface area contributed by atoms with Crippen LogP contribution in [-0.4, -0.2) is 16.5 Å². The highest BCUT2D eigenvalue weighted by Gasteiger charge is 2.18. The van der Waals surface area contributed by atoms with E-state index >= 15 is 0 Å². The molecule has 4 nitrogen and oxygen atoms in total. The highest BCUT2D eigenvalue weighted by atomic mass is 16.3. The van der Waals surface area contributed by atoms with Gasteiger partial charge in [-0.2, -0.15) is 0 Å². The van der Waals surface area contributed by atoms with Crippen LogP contribution >= 0.6 is 0 Å². The molecule has 0 atom stereocenters. The van der Waals surface area contributed by atoms with Gasteiger partial charge in [0.05, 0.1) is 0 Å². The lowest BCUT2D eigenvalue weighted by Crippen LogP contribution is -2.10.